The topological polar surface area (TPSA) is 54.1 Å². The smallest absolute Gasteiger partial charge is 0.354 e. The quantitative estimate of drug-likeness (QED) is 0.704. The molecule has 0 aromatic carbocycles. The molecule has 1 aromatic rings. The highest BCUT2D eigenvalue weighted by atomic mass is 16.5. The SMILES string of the molecule is COC(=O)c1cc(CNC2CC2)c[nH]1. The van der Waals surface area contributed by atoms with Crippen LogP contribution in [0.25, 0.3) is 0 Å². The van der Waals surface area contributed by atoms with Gasteiger partial charge < -0.3 is 15.0 Å². The molecule has 1 aliphatic carbocycles. The summed E-state index contributed by atoms with van der Waals surface area (Å²) in [5, 5.41) is 3.37. The van der Waals surface area contributed by atoms with Crippen molar-refractivity contribution in [2.45, 2.75) is 25.4 Å². The van der Waals surface area contributed by atoms with Gasteiger partial charge in [-0.1, -0.05) is 0 Å². The summed E-state index contributed by atoms with van der Waals surface area (Å²) in [6.07, 6.45) is 4.38. The number of aromatic nitrogens is 1. The van der Waals surface area contributed by atoms with Crippen molar-refractivity contribution in [3.63, 3.8) is 0 Å². The molecule has 4 nitrogen and oxygen atoms in total. The van der Waals surface area contributed by atoms with E-state index in [1.54, 1.807) is 0 Å². The van der Waals surface area contributed by atoms with Crippen molar-refractivity contribution in [2.75, 3.05) is 7.11 Å². The Morgan fingerprint density at radius 3 is 3.14 bits per heavy atom. The fourth-order valence-electron chi connectivity index (χ4n) is 1.32. The highest BCUT2D eigenvalue weighted by Crippen LogP contribution is 2.19. The maximum absolute atomic E-state index is 11.1. The Balaban J connectivity index is 1.91. The van der Waals surface area contributed by atoms with Crippen molar-refractivity contribution < 1.29 is 9.53 Å². The van der Waals surface area contributed by atoms with Gasteiger partial charge in [-0.3, -0.25) is 0 Å². The molecule has 1 aromatic heterocycles. The number of carbonyl (C=O) groups excluding carboxylic acids is 1. The van der Waals surface area contributed by atoms with Gasteiger partial charge in [-0.15, -0.1) is 0 Å². The number of nitrogens with one attached hydrogen (secondary N) is 2. The van der Waals surface area contributed by atoms with Crippen LogP contribution in [0, 0.1) is 0 Å². The second kappa shape index (κ2) is 3.84. The summed E-state index contributed by atoms with van der Waals surface area (Å²) >= 11 is 0. The molecule has 0 amide bonds. The van der Waals surface area contributed by atoms with Crippen molar-refractivity contribution in [1.29, 1.82) is 0 Å². The molecule has 0 spiro atoms. The van der Waals surface area contributed by atoms with Crippen LogP contribution in [-0.2, 0) is 11.3 Å². The maximum atomic E-state index is 11.1. The third-order valence-corrected chi connectivity index (χ3v) is 2.32. The average molecular weight is 194 g/mol. The van der Waals surface area contributed by atoms with Gasteiger partial charge in [0.15, 0.2) is 0 Å². The number of H-pyrrole nitrogens is 1. The van der Waals surface area contributed by atoms with Crippen LogP contribution in [0.5, 0.6) is 0 Å². The van der Waals surface area contributed by atoms with Gasteiger partial charge in [0, 0.05) is 18.8 Å². The summed E-state index contributed by atoms with van der Waals surface area (Å²) in [7, 11) is 1.38. The lowest BCUT2D eigenvalue weighted by Gasteiger charge is -1.97. The zero-order chi connectivity index (χ0) is 9.97. The van der Waals surface area contributed by atoms with E-state index in [2.05, 4.69) is 15.0 Å². The van der Waals surface area contributed by atoms with Gasteiger partial charge >= 0.3 is 5.97 Å². The average Bonchev–Trinajstić information content (AvgIpc) is 2.92. The van der Waals surface area contributed by atoms with Crippen LogP contribution in [0.15, 0.2) is 12.3 Å². The Morgan fingerprint density at radius 2 is 2.50 bits per heavy atom. The van der Waals surface area contributed by atoms with E-state index in [1.165, 1.54) is 20.0 Å². The lowest BCUT2D eigenvalue weighted by molar-refractivity contribution is 0.0595. The molecule has 1 heterocycles. The molecule has 14 heavy (non-hydrogen) atoms. The van der Waals surface area contributed by atoms with Gasteiger partial charge in [0.2, 0.25) is 0 Å². The Labute approximate surface area is 82.6 Å². The van der Waals surface area contributed by atoms with Crippen molar-refractivity contribution >= 4 is 5.97 Å². The number of ether oxygens (including phenoxy) is 1. The fourth-order valence-corrected chi connectivity index (χ4v) is 1.32. The second-order valence-corrected chi connectivity index (χ2v) is 3.57. The van der Waals surface area contributed by atoms with Crippen LogP contribution in [0.3, 0.4) is 0 Å². The Bertz CT molecular complexity index is 329. The molecule has 0 unspecified atom stereocenters. The van der Waals surface area contributed by atoms with Gasteiger partial charge in [0.1, 0.15) is 5.69 Å². The normalized spacial score (nSPS) is 15.5. The first-order valence-corrected chi connectivity index (χ1v) is 4.78. The van der Waals surface area contributed by atoms with Crippen molar-refractivity contribution in [3.8, 4) is 0 Å². The van der Waals surface area contributed by atoms with Crippen LogP contribution in [0.2, 0.25) is 0 Å². The predicted octanol–water partition coefficient (Wildman–Crippen LogP) is 1.05. The van der Waals surface area contributed by atoms with Gasteiger partial charge in [0.05, 0.1) is 7.11 Å². The van der Waals surface area contributed by atoms with Crippen LogP contribution >= 0.6 is 0 Å². The van der Waals surface area contributed by atoms with E-state index in [0.29, 0.717) is 11.7 Å². The standard InChI is InChI=1S/C10H14N2O2/c1-14-10(13)9-4-7(6-12-9)5-11-8-2-3-8/h4,6,8,11-12H,2-3,5H2,1H3. The maximum Gasteiger partial charge on any atom is 0.354 e. The van der Waals surface area contributed by atoms with Crippen molar-refractivity contribution in [2.24, 2.45) is 0 Å². The minimum Gasteiger partial charge on any atom is -0.464 e. The van der Waals surface area contributed by atoms with Crippen LogP contribution < -0.4 is 5.32 Å². The van der Waals surface area contributed by atoms with Crippen LogP contribution in [0.1, 0.15) is 28.9 Å². The molecular formula is C10H14N2O2. The van der Waals surface area contributed by atoms with Gasteiger partial charge in [-0.25, -0.2) is 4.79 Å². The number of hydrogen-bond donors (Lipinski definition) is 2. The van der Waals surface area contributed by atoms with E-state index < -0.39 is 0 Å². The number of rotatable bonds is 4. The first kappa shape index (κ1) is 9.27. The predicted molar refractivity (Wildman–Crippen MR) is 52.0 cm³/mol. The molecule has 0 saturated heterocycles. The van der Waals surface area contributed by atoms with E-state index in [-0.39, 0.29) is 5.97 Å². The number of esters is 1. The minimum atomic E-state index is -0.317. The fraction of sp³-hybridized carbons (Fsp3) is 0.500. The summed E-state index contributed by atoms with van der Waals surface area (Å²) in [5.41, 5.74) is 1.61. The number of methoxy groups -OCH3 is 1. The number of carbonyl (C=O) groups is 1. The third-order valence-electron chi connectivity index (χ3n) is 2.32. The lowest BCUT2D eigenvalue weighted by atomic mass is 10.3. The number of aromatic amines is 1. The molecule has 0 aliphatic heterocycles. The zero-order valence-electron chi connectivity index (χ0n) is 8.17. The molecule has 2 N–H and O–H groups in total. The minimum absolute atomic E-state index is 0.317. The number of hydrogen-bond acceptors (Lipinski definition) is 3. The van der Waals surface area contributed by atoms with Crippen molar-refractivity contribution in [3.05, 3.63) is 23.5 Å². The summed E-state index contributed by atoms with van der Waals surface area (Å²) in [4.78, 5) is 14.0. The highest BCUT2D eigenvalue weighted by molar-refractivity contribution is 5.87. The molecule has 0 radical (unpaired) electrons. The first-order chi connectivity index (χ1) is 6.79. The Hall–Kier alpha value is -1.29. The molecular weight excluding hydrogens is 180 g/mol. The van der Waals surface area contributed by atoms with Gasteiger partial charge in [0.25, 0.3) is 0 Å². The molecule has 2 rings (SSSR count). The van der Waals surface area contributed by atoms with E-state index in [0.717, 1.165) is 12.1 Å². The highest BCUT2D eigenvalue weighted by Gasteiger charge is 2.20. The van der Waals surface area contributed by atoms with E-state index >= 15 is 0 Å². The van der Waals surface area contributed by atoms with E-state index in [1.807, 2.05) is 12.3 Å². The van der Waals surface area contributed by atoms with E-state index in [9.17, 15) is 4.79 Å². The second-order valence-electron chi connectivity index (χ2n) is 3.57. The molecule has 0 bridgehead atoms. The summed E-state index contributed by atoms with van der Waals surface area (Å²) < 4.78 is 4.60. The van der Waals surface area contributed by atoms with Crippen LogP contribution in [-0.4, -0.2) is 24.1 Å². The molecule has 1 saturated carbocycles. The van der Waals surface area contributed by atoms with Gasteiger partial charge in [-0.2, -0.15) is 0 Å². The molecule has 0 atom stereocenters. The van der Waals surface area contributed by atoms with Crippen molar-refractivity contribution in [1.82, 2.24) is 10.3 Å². The molecule has 1 aliphatic rings. The third kappa shape index (κ3) is 2.14. The van der Waals surface area contributed by atoms with E-state index in [4.69, 9.17) is 0 Å². The lowest BCUT2D eigenvalue weighted by Crippen LogP contribution is -2.14. The first-order valence-electron chi connectivity index (χ1n) is 4.78. The largest absolute Gasteiger partial charge is 0.464 e. The monoisotopic (exact) mass is 194 g/mol. The molecule has 76 valence electrons. The summed E-state index contributed by atoms with van der Waals surface area (Å²) in [5.74, 6) is -0.317. The van der Waals surface area contributed by atoms with Gasteiger partial charge in [-0.05, 0) is 24.5 Å². The summed E-state index contributed by atoms with van der Waals surface area (Å²) in [6.45, 7) is 0.818. The Morgan fingerprint density at radius 1 is 1.71 bits per heavy atom. The Kier molecular flexibility index (Phi) is 2.54. The molecule has 1 fully saturated rings. The summed E-state index contributed by atoms with van der Waals surface area (Å²) in [6, 6.07) is 2.51. The molecule has 4 heteroatoms. The zero-order valence-corrected chi connectivity index (χ0v) is 8.17. The van der Waals surface area contributed by atoms with Crippen LogP contribution in [0.4, 0.5) is 0 Å².